The van der Waals surface area contributed by atoms with Gasteiger partial charge in [-0.05, 0) is 36.4 Å². The number of anilines is 1. The number of halogens is 1. The number of rotatable bonds is 2. The van der Waals surface area contributed by atoms with Crippen molar-refractivity contribution in [3.63, 3.8) is 0 Å². The summed E-state index contributed by atoms with van der Waals surface area (Å²) in [7, 11) is 3.51. The average molecular weight is 368 g/mol. The Balaban J connectivity index is 1.54. The van der Waals surface area contributed by atoms with Crippen LogP contribution in [0.3, 0.4) is 0 Å². The van der Waals surface area contributed by atoms with Crippen LogP contribution in [0.1, 0.15) is 10.5 Å². The summed E-state index contributed by atoms with van der Waals surface area (Å²) >= 11 is 0. The molecule has 0 bridgehead atoms. The van der Waals surface area contributed by atoms with Gasteiger partial charge in [-0.3, -0.25) is 9.59 Å². The summed E-state index contributed by atoms with van der Waals surface area (Å²) in [5.41, 5.74) is 2.12. The second-order valence-electron chi connectivity index (χ2n) is 6.87. The van der Waals surface area contributed by atoms with Crippen LogP contribution >= 0.6 is 0 Å². The second-order valence-corrected chi connectivity index (χ2v) is 6.87. The molecule has 0 saturated carbocycles. The van der Waals surface area contributed by atoms with Crippen molar-refractivity contribution >= 4 is 22.5 Å². The van der Waals surface area contributed by atoms with Crippen LogP contribution in [0.15, 0.2) is 47.4 Å². The molecule has 7 heteroatoms. The normalized spacial score (nSPS) is 14.8. The molecule has 0 N–H and O–H groups in total. The van der Waals surface area contributed by atoms with E-state index in [9.17, 15) is 14.0 Å². The molecule has 1 amide bonds. The molecule has 6 nitrogen and oxygen atoms in total. The summed E-state index contributed by atoms with van der Waals surface area (Å²) in [6, 6.07) is 9.94. The highest BCUT2D eigenvalue weighted by atomic mass is 19.1. The summed E-state index contributed by atoms with van der Waals surface area (Å²) in [4.78, 5) is 29.3. The van der Waals surface area contributed by atoms with E-state index in [1.807, 2.05) is 13.1 Å². The third-order valence-electron chi connectivity index (χ3n) is 5.26. The molecule has 1 aliphatic heterocycles. The number of fused-ring (bicyclic) bond motifs is 1. The van der Waals surface area contributed by atoms with Crippen molar-refractivity contribution in [2.24, 2.45) is 14.1 Å². The maximum absolute atomic E-state index is 13.1. The molecule has 0 aliphatic carbocycles. The van der Waals surface area contributed by atoms with E-state index in [1.54, 1.807) is 40.9 Å². The van der Waals surface area contributed by atoms with Gasteiger partial charge in [-0.15, -0.1) is 0 Å². The molecule has 0 unspecified atom stereocenters. The van der Waals surface area contributed by atoms with Crippen LogP contribution in [-0.2, 0) is 14.1 Å². The molecule has 27 heavy (non-hydrogen) atoms. The Labute approximate surface area is 156 Å². The van der Waals surface area contributed by atoms with Gasteiger partial charge in [0.2, 0.25) is 0 Å². The van der Waals surface area contributed by atoms with Crippen molar-refractivity contribution < 1.29 is 9.18 Å². The molecule has 2 aromatic heterocycles. The number of hydrogen-bond acceptors (Lipinski definition) is 3. The molecule has 1 aromatic carbocycles. The Bertz CT molecular complexity index is 1060. The van der Waals surface area contributed by atoms with Crippen molar-refractivity contribution in [3.05, 3.63) is 64.5 Å². The van der Waals surface area contributed by atoms with Crippen molar-refractivity contribution in [3.8, 4) is 0 Å². The van der Waals surface area contributed by atoms with E-state index in [4.69, 9.17) is 0 Å². The minimum absolute atomic E-state index is 0.0745. The van der Waals surface area contributed by atoms with Gasteiger partial charge < -0.3 is 18.9 Å². The zero-order valence-electron chi connectivity index (χ0n) is 15.4. The third-order valence-corrected chi connectivity index (χ3v) is 5.26. The lowest BCUT2D eigenvalue weighted by atomic mass is 10.2. The molecule has 0 spiro atoms. The second kappa shape index (κ2) is 6.57. The SMILES string of the molecule is Cn1ccc2c(cc(C(=O)N3CCN(c4ccc(F)cc4)CC3)n2C)c1=O. The topological polar surface area (TPSA) is 50.5 Å². The molecular formula is C20H21FN4O2. The minimum Gasteiger partial charge on any atom is -0.368 e. The molecule has 1 aliphatic rings. The Morgan fingerprint density at radius 3 is 2.33 bits per heavy atom. The molecule has 3 aromatic rings. The molecule has 1 fully saturated rings. The Kier molecular flexibility index (Phi) is 4.22. The quantitative estimate of drug-likeness (QED) is 0.695. The number of hydrogen-bond donors (Lipinski definition) is 0. The molecular weight excluding hydrogens is 347 g/mol. The highest BCUT2D eigenvalue weighted by Gasteiger charge is 2.25. The fourth-order valence-electron chi connectivity index (χ4n) is 3.62. The van der Waals surface area contributed by atoms with Crippen molar-refractivity contribution in [1.29, 1.82) is 0 Å². The molecule has 0 radical (unpaired) electrons. The number of carbonyl (C=O) groups excluding carboxylic acids is 1. The summed E-state index contributed by atoms with van der Waals surface area (Å²) in [6.07, 6.45) is 1.71. The van der Waals surface area contributed by atoms with Gasteiger partial charge in [-0.2, -0.15) is 0 Å². The average Bonchev–Trinajstić information content (AvgIpc) is 3.02. The fraction of sp³-hybridized carbons (Fsp3) is 0.300. The summed E-state index contributed by atoms with van der Waals surface area (Å²) in [5.74, 6) is -0.330. The van der Waals surface area contributed by atoms with Gasteiger partial charge >= 0.3 is 0 Å². The van der Waals surface area contributed by atoms with Gasteiger partial charge in [0.05, 0.1) is 10.9 Å². The zero-order chi connectivity index (χ0) is 19.1. The smallest absolute Gasteiger partial charge is 0.270 e. The number of piperazine rings is 1. The largest absolute Gasteiger partial charge is 0.368 e. The van der Waals surface area contributed by atoms with E-state index in [0.717, 1.165) is 11.2 Å². The molecule has 3 heterocycles. The number of aryl methyl sites for hydroxylation is 2. The zero-order valence-corrected chi connectivity index (χ0v) is 15.4. The first-order valence-electron chi connectivity index (χ1n) is 8.90. The number of carbonyl (C=O) groups is 1. The third kappa shape index (κ3) is 2.99. The van der Waals surface area contributed by atoms with Crippen LogP contribution in [0.5, 0.6) is 0 Å². The number of pyridine rings is 1. The standard InChI is InChI=1S/C20H21FN4O2/c1-22-8-7-17-16(19(22)26)13-18(23(17)2)20(27)25-11-9-24(10-12-25)15-5-3-14(21)4-6-15/h3-8,13H,9-12H2,1-2H3. The fourth-order valence-corrected chi connectivity index (χ4v) is 3.62. The molecule has 4 rings (SSSR count). The van der Waals surface area contributed by atoms with Crippen LogP contribution in [0, 0.1) is 5.82 Å². The predicted octanol–water partition coefficient (Wildman–Crippen LogP) is 1.98. The number of nitrogens with zero attached hydrogens (tertiary/aromatic N) is 4. The Hall–Kier alpha value is -3.09. The lowest BCUT2D eigenvalue weighted by Gasteiger charge is -2.36. The number of aromatic nitrogens is 2. The van der Waals surface area contributed by atoms with E-state index in [1.165, 1.54) is 16.7 Å². The molecule has 1 saturated heterocycles. The van der Waals surface area contributed by atoms with Gasteiger partial charge in [0.1, 0.15) is 11.5 Å². The van der Waals surface area contributed by atoms with E-state index in [0.29, 0.717) is 37.3 Å². The Morgan fingerprint density at radius 1 is 1.00 bits per heavy atom. The van der Waals surface area contributed by atoms with E-state index in [2.05, 4.69) is 4.90 Å². The van der Waals surface area contributed by atoms with Gasteiger partial charge in [-0.25, -0.2) is 4.39 Å². The summed E-state index contributed by atoms with van der Waals surface area (Å²) in [6.45, 7) is 2.53. The minimum atomic E-state index is -0.255. The highest BCUT2D eigenvalue weighted by molar-refractivity contribution is 5.98. The first-order chi connectivity index (χ1) is 13.0. The molecule has 140 valence electrons. The maximum atomic E-state index is 13.1. The van der Waals surface area contributed by atoms with Gasteiger partial charge in [0, 0.05) is 52.2 Å². The van der Waals surface area contributed by atoms with Gasteiger partial charge in [0.25, 0.3) is 11.5 Å². The van der Waals surface area contributed by atoms with E-state index >= 15 is 0 Å². The molecule has 0 atom stereocenters. The lowest BCUT2D eigenvalue weighted by molar-refractivity contribution is 0.0737. The van der Waals surface area contributed by atoms with Crippen LogP contribution in [0.25, 0.3) is 10.9 Å². The lowest BCUT2D eigenvalue weighted by Crippen LogP contribution is -2.49. The van der Waals surface area contributed by atoms with Crippen LogP contribution in [0.4, 0.5) is 10.1 Å². The van der Waals surface area contributed by atoms with E-state index in [-0.39, 0.29) is 17.3 Å². The van der Waals surface area contributed by atoms with Crippen molar-refractivity contribution in [1.82, 2.24) is 14.0 Å². The predicted molar refractivity (Wildman–Crippen MR) is 103 cm³/mol. The Morgan fingerprint density at radius 2 is 1.67 bits per heavy atom. The summed E-state index contributed by atoms with van der Waals surface area (Å²) in [5, 5.41) is 0.552. The first-order valence-corrected chi connectivity index (χ1v) is 8.90. The first kappa shape index (κ1) is 17.3. The highest BCUT2D eigenvalue weighted by Crippen LogP contribution is 2.20. The van der Waals surface area contributed by atoms with Crippen LogP contribution < -0.4 is 10.5 Å². The number of benzene rings is 1. The monoisotopic (exact) mass is 368 g/mol. The van der Waals surface area contributed by atoms with Crippen molar-refractivity contribution in [2.75, 3.05) is 31.1 Å². The van der Waals surface area contributed by atoms with Crippen LogP contribution in [-0.4, -0.2) is 46.1 Å². The van der Waals surface area contributed by atoms with Crippen LogP contribution in [0.2, 0.25) is 0 Å². The van der Waals surface area contributed by atoms with Gasteiger partial charge in [0.15, 0.2) is 0 Å². The number of amides is 1. The summed E-state index contributed by atoms with van der Waals surface area (Å²) < 4.78 is 16.4. The van der Waals surface area contributed by atoms with Gasteiger partial charge in [-0.1, -0.05) is 0 Å². The maximum Gasteiger partial charge on any atom is 0.270 e. The van der Waals surface area contributed by atoms with Crippen molar-refractivity contribution in [2.45, 2.75) is 0 Å². The van der Waals surface area contributed by atoms with E-state index < -0.39 is 0 Å².